The summed E-state index contributed by atoms with van der Waals surface area (Å²) in [6.45, 7) is 6.99. The average Bonchev–Trinajstić information content (AvgIpc) is 3.45. The van der Waals surface area contributed by atoms with Crippen molar-refractivity contribution in [2.75, 3.05) is 5.88 Å². The third-order valence-corrected chi connectivity index (χ3v) is 19.4. The smallest absolute Gasteiger partial charge is 0.0223 e. The molecule has 0 aromatic rings. The number of halogens is 1. The van der Waals surface area contributed by atoms with Crippen molar-refractivity contribution < 1.29 is 0 Å². The standard InChI is InChI=1S/C77H155Cl/c1-4-7-10-13-16-19-22-25-28-32-37-42-47-52-57-62-69-76(70-63-58-53-48-43-38-33-29-26-23-20-17-14-11-8-5-2)73-66-67-74-77(71-64-59-54-49-44-39-34-30-27-24-21-18-15-12-9-6-3)72-65-60-55-50-45-40-35-31-36-41-46-51-56-61-68-75-78/h76-77H,4-75H2,1-3H3. The van der Waals surface area contributed by atoms with Gasteiger partial charge < -0.3 is 0 Å². The second-order valence-corrected chi connectivity index (χ2v) is 27.5. The van der Waals surface area contributed by atoms with Crippen LogP contribution in [0.15, 0.2) is 0 Å². The molecule has 0 rings (SSSR count). The maximum atomic E-state index is 5.84. The van der Waals surface area contributed by atoms with Gasteiger partial charge in [0.1, 0.15) is 0 Å². The zero-order valence-corrected chi connectivity index (χ0v) is 56.2. The lowest BCUT2D eigenvalue weighted by atomic mass is 9.86. The molecule has 1 unspecified atom stereocenters. The Kier molecular flexibility index (Phi) is 73.7. The van der Waals surface area contributed by atoms with Crippen molar-refractivity contribution in [3.05, 3.63) is 0 Å². The fraction of sp³-hybridized carbons (Fsp3) is 1.00. The van der Waals surface area contributed by atoms with Gasteiger partial charge in [-0.2, -0.15) is 0 Å². The first-order valence-corrected chi connectivity index (χ1v) is 38.9. The van der Waals surface area contributed by atoms with Crippen LogP contribution in [0.1, 0.15) is 477 Å². The van der Waals surface area contributed by atoms with Gasteiger partial charge in [-0.1, -0.05) is 470 Å². The monoisotopic (exact) mass is 1120 g/mol. The van der Waals surface area contributed by atoms with Crippen LogP contribution in [0.4, 0.5) is 0 Å². The normalized spacial score (nSPS) is 12.3. The van der Waals surface area contributed by atoms with Gasteiger partial charge >= 0.3 is 0 Å². The van der Waals surface area contributed by atoms with Gasteiger partial charge in [0.25, 0.3) is 0 Å². The molecular formula is C77H155Cl. The molecule has 0 saturated carbocycles. The predicted molar refractivity (Wildman–Crippen MR) is 363 cm³/mol. The third kappa shape index (κ3) is 68.8. The summed E-state index contributed by atoms with van der Waals surface area (Å²) < 4.78 is 0. The summed E-state index contributed by atoms with van der Waals surface area (Å²) in [6.07, 6.45) is 105. The molecule has 1 atom stereocenters. The summed E-state index contributed by atoms with van der Waals surface area (Å²) >= 11 is 5.84. The van der Waals surface area contributed by atoms with Crippen LogP contribution in [0.5, 0.6) is 0 Å². The Bertz CT molecular complexity index is 838. The number of rotatable bonds is 73. The lowest BCUT2D eigenvalue weighted by molar-refractivity contribution is 0.337. The molecule has 0 aliphatic rings. The van der Waals surface area contributed by atoms with Crippen molar-refractivity contribution >= 4 is 11.6 Å². The zero-order chi connectivity index (χ0) is 56.1. The summed E-state index contributed by atoms with van der Waals surface area (Å²) in [5, 5.41) is 0. The average molecular weight is 1120 g/mol. The summed E-state index contributed by atoms with van der Waals surface area (Å²) in [6, 6.07) is 0. The minimum Gasteiger partial charge on any atom is -0.127 e. The molecule has 0 spiro atoms. The van der Waals surface area contributed by atoms with Gasteiger partial charge in [-0.15, -0.1) is 11.6 Å². The second kappa shape index (κ2) is 73.4. The Labute approximate surface area is 503 Å². The van der Waals surface area contributed by atoms with Gasteiger partial charge in [0.05, 0.1) is 0 Å². The maximum absolute atomic E-state index is 5.84. The molecule has 0 aromatic carbocycles. The van der Waals surface area contributed by atoms with Crippen molar-refractivity contribution in [1.82, 2.24) is 0 Å². The first-order valence-electron chi connectivity index (χ1n) is 38.3. The van der Waals surface area contributed by atoms with Gasteiger partial charge in [-0.3, -0.25) is 0 Å². The number of unbranched alkanes of at least 4 members (excludes halogenated alkanes) is 60. The molecule has 0 fully saturated rings. The zero-order valence-electron chi connectivity index (χ0n) is 55.4. The van der Waals surface area contributed by atoms with E-state index in [9.17, 15) is 0 Å². The molecule has 0 aliphatic carbocycles. The van der Waals surface area contributed by atoms with Crippen molar-refractivity contribution in [2.24, 2.45) is 11.8 Å². The van der Waals surface area contributed by atoms with Crippen molar-refractivity contribution in [3.63, 3.8) is 0 Å². The van der Waals surface area contributed by atoms with Crippen LogP contribution in [0.3, 0.4) is 0 Å². The van der Waals surface area contributed by atoms with Gasteiger partial charge in [0.15, 0.2) is 0 Å². The first-order chi connectivity index (χ1) is 38.8. The van der Waals surface area contributed by atoms with E-state index in [2.05, 4.69) is 20.8 Å². The van der Waals surface area contributed by atoms with Crippen molar-refractivity contribution in [2.45, 2.75) is 477 Å². The topological polar surface area (TPSA) is 0 Å². The molecule has 0 nitrogen and oxygen atoms in total. The molecule has 0 amide bonds. The molecule has 0 N–H and O–H groups in total. The lowest BCUT2D eigenvalue weighted by Crippen LogP contribution is -2.04. The van der Waals surface area contributed by atoms with E-state index in [0.29, 0.717) is 0 Å². The quantitative estimate of drug-likeness (QED) is 0.0421. The van der Waals surface area contributed by atoms with Crippen molar-refractivity contribution in [3.8, 4) is 0 Å². The molecule has 0 saturated heterocycles. The molecule has 78 heavy (non-hydrogen) atoms. The van der Waals surface area contributed by atoms with Crippen LogP contribution in [0.2, 0.25) is 0 Å². The molecule has 1 heteroatoms. The van der Waals surface area contributed by atoms with Crippen LogP contribution in [0, 0.1) is 11.8 Å². The van der Waals surface area contributed by atoms with E-state index in [1.54, 1.807) is 0 Å². The van der Waals surface area contributed by atoms with Gasteiger partial charge in [-0.25, -0.2) is 0 Å². The van der Waals surface area contributed by atoms with Gasteiger partial charge in [-0.05, 0) is 18.3 Å². The maximum Gasteiger partial charge on any atom is 0.0223 e. The predicted octanol–water partition coefficient (Wildman–Crippen LogP) is 30.2. The highest BCUT2D eigenvalue weighted by Crippen LogP contribution is 2.29. The SMILES string of the molecule is CCCCCCCCCCCCCCCCCCC(CCCCCCCCCCCCCCCCCC)CCCCC(CCCCCCCCCCCCCCCCCC)CCCCCCCCCCCCCCCCCCl. The molecular weight excluding hydrogens is 960 g/mol. The van der Waals surface area contributed by atoms with Gasteiger partial charge in [0, 0.05) is 5.88 Å². The van der Waals surface area contributed by atoms with Crippen LogP contribution >= 0.6 is 11.6 Å². The van der Waals surface area contributed by atoms with E-state index >= 15 is 0 Å². The number of hydrogen-bond acceptors (Lipinski definition) is 0. The summed E-state index contributed by atoms with van der Waals surface area (Å²) in [5.74, 6) is 2.87. The Hall–Kier alpha value is 0.290. The lowest BCUT2D eigenvalue weighted by Gasteiger charge is -2.20. The minimum atomic E-state index is 0.847. The van der Waals surface area contributed by atoms with E-state index in [4.69, 9.17) is 11.6 Å². The van der Waals surface area contributed by atoms with Crippen LogP contribution in [-0.4, -0.2) is 5.88 Å². The number of hydrogen-bond donors (Lipinski definition) is 0. The van der Waals surface area contributed by atoms with E-state index in [0.717, 1.165) is 17.7 Å². The minimum absolute atomic E-state index is 0.847. The highest BCUT2D eigenvalue weighted by molar-refractivity contribution is 6.17. The molecule has 0 radical (unpaired) electrons. The van der Waals surface area contributed by atoms with Gasteiger partial charge in [0.2, 0.25) is 0 Å². The Balaban J connectivity index is 4.75. The molecule has 0 bridgehead atoms. The Morgan fingerprint density at radius 1 is 0.141 bits per heavy atom. The Morgan fingerprint density at radius 3 is 0.372 bits per heavy atom. The fourth-order valence-corrected chi connectivity index (χ4v) is 13.7. The summed E-state index contributed by atoms with van der Waals surface area (Å²) in [5.41, 5.74) is 0. The molecule has 0 aromatic heterocycles. The van der Waals surface area contributed by atoms with E-state index in [-0.39, 0.29) is 0 Å². The largest absolute Gasteiger partial charge is 0.127 e. The Morgan fingerprint density at radius 2 is 0.244 bits per heavy atom. The molecule has 470 valence electrons. The summed E-state index contributed by atoms with van der Waals surface area (Å²) in [7, 11) is 0. The fourth-order valence-electron chi connectivity index (χ4n) is 13.5. The highest BCUT2D eigenvalue weighted by atomic mass is 35.5. The molecule has 0 heterocycles. The highest BCUT2D eigenvalue weighted by Gasteiger charge is 2.13. The van der Waals surface area contributed by atoms with Crippen LogP contribution in [0.25, 0.3) is 0 Å². The van der Waals surface area contributed by atoms with Crippen molar-refractivity contribution in [1.29, 1.82) is 0 Å². The van der Waals surface area contributed by atoms with E-state index in [1.807, 2.05) is 0 Å². The summed E-state index contributed by atoms with van der Waals surface area (Å²) in [4.78, 5) is 0. The van der Waals surface area contributed by atoms with E-state index in [1.165, 1.54) is 456 Å². The number of alkyl halides is 1. The van der Waals surface area contributed by atoms with E-state index < -0.39 is 0 Å². The third-order valence-electron chi connectivity index (χ3n) is 19.1. The second-order valence-electron chi connectivity index (χ2n) is 27.1. The first kappa shape index (κ1) is 78.3. The molecule has 0 aliphatic heterocycles. The van der Waals surface area contributed by atoms with Crippen LogP contribution in [-0.2, 0) is 0 Å². The van der Waals surface area contributed by atoms with Crippen LogP contribution < -0.4 is 0 Å².